The zero-order valence-corrected chi connectivity index (χ0v) is 20.0. The largest absolute Gasteiger partial charge is 0.451 e. The molecule has 1 amide bonds. The zero-order chi connectivity index (χ0) is 27.0. The van der Waals surface area contributed by atoms with E-state index in [1.807, 2.05) is 6.92 Å². The summed E-state index contributed by atoms with van der Waals surface area (Å²) in [5.41, 5.74) is -0.371. The Morgan fingerprint density at radius 3 is 2.38 bits per heavy atom. The molecule has 0 aliphatic carbocycles. The molecule has 1 aliphatic heterocycles. The second kappa shape index (κ2) is 10.2. The smallest absolute Gasteiger partial charge is 0.394 e. The number of halogens is 6. The van der Waals surface area contributed by atoms with E-state index in [4.69, 9.17) is 0 Å². The lowest BCUT2D eigenvalue weighted by Gasteiger charge is -2.41. The van der Waals surface area contributed by atoms with Crippen LogP contribution in [0.15, 0.2) is 18.7 Å². The number of anilines is 1. The van der Waals surface area contributed by atoms with Crippen molar-refractivity contribution in [3.63, 3.8) is 0 Å². The first-order chi connectivity index (χ1) is 17.4. The Hall–Kier alpha value is -3.34. The lowest BCUT2D eigenvalue weighted by Crippen LogP contribution is -2.57. The number of aryl methyl sites for hydroxylation is 1. The second-order valence-corrected chi connectivity index (χ2v) is 9.02. The fourth-order valence-corrected chi connectivity index (χ4v) is 4.75. The minimum Gasteiger partial charge on any atom is -0.394 e. The molecule has 0 spiro atoms. The van der Waals surface area contributed by atoms with Gasteiger partial charge in [0.15, 0.2) is 0 Å². The van der Waals surface area contributed by atoms with Crippen LogP contribution >= 0.6 is 11.3 Å². The first-order valence-corrected chi connectivity index (χ1v) is 11.7. The van der Waals surface area contributed by atoms with E-state index < -0.39 is 35.8 Å². The van der Waals surface area contributed by atoms with E-state index in [0.29, 0.717) is 23.6 Å². The number of nitrogens with zero attached hydrogens (tertiary/aromatic N) is 8. The molecule has 3 aromatic heterocycles. The van der Waals surface area contributed by atoms with Crippen molar-refractivity contribution in [3.05, 3.63) is 35.4 Å². The first kappa shape index (κ1) is 26.7. The van der Waals surface area contributed by atoms with Crippen LogP contribution in [0.5, 0.6) is 0 Å². The number of rotatable bonds is 6. The van der Waals surface area contributed by atoms with Crippen LogP contribution in [0.25, 0.3) is 11.3 Å². The van der Waals surface area contributed by atoms with Crippen LogP contribution in [-0.4, -0.2) is 77.9 Å². The van der Waals surface area contributed by atoms with Gasteiger partial charge >= 0.3 is 12.4 Å². The molecule has 0 saturated carbocycles. The van der Waals surface area contributed by atoms with Crippen LogP contribution in [0, 0.1) is 0 Å². The van der Waals surface area contributed by atoms with E-state index in [9.17, 15) is 36.2 Å². The Balaban J connectivity index is 1.58. The van der Waals surface area contributed by atoms with Gasteiger partial charge in [-0.1, -0.05) is 18.3 Å². The summed E-state index contributed by atoms with van der Waals surface area (Å²) in [6.45, 7) is 1.39. The Kier molecular flexibility index (Phi) is 7.36. The monoisotopic (exact) mass is 550 g/mol. The van der Waals surface area contributed by atoms with Gasteiger partial charge in [0.2, 0.25) is 16.7 Å². The summed E-state index contributed by atoms with van der Waals surface area (Å²) in [6.07, 6.45) is -6.09. The quantitative estimate of drug-likeness (QED) is 0.466. The van der Waals surface area contributed by atoms with Crippen LogP contribution in [0.2, 0.25) is 0 Å². The number of aromatic nitrogens is 6. The number of hydrogen-bond donors (Lipinski definition) is 1. The third kappa shape index (κ3) is 5.82. The highest BCUT2D eigenvalue weighted by Crippen LogP contribution is 2.43. The van der Waals surface area contributed by atoms with Crippen molar-refractivity contribution in [2.45, 2.75) is 38.3 Å². The molecule has 0 aromatic carbocycles. The van der Waals surface area contributed by atoms with Crippen molar-refractivity contribution in [2.75, 3.05) is 31.1 Å². The molecule has 1 atom stereocenters. The van der Waals surface area contributed by atoms with Gasteiger partial charge in [0.05, 0.1) is 12.6 Å². The van der Waals surface area contributed by atoms with E-state index >= 15 is 0 Å². The molecule has 200 valence electrons. The fraction of sp³-hybridized carbons (Fsp3) is 0.500. The van der Waals surface area contributed by atoms with Crippen molar-refractivity contribution in [1.29, 1.82) is 0 Å². The molecule has 1 N–H and O–H groups in total. The second-order valence-electron chi connectivity index (χ2n) is 8.05. The van der Waals surface area contributed by atoms with E-state index in [1.165, 1.54) is 20.8 Å². The maximum atomic E-state index is 13.5. The fourth-order valence-electron chi connectivity index (χ4n) is 3.76. The number of aliphatic hydroxyl groups excluding tert-OH is 1. The molecular weight excluding hydrogens is 530 g/mol. The van der Waals surface area contributed by atoms with Crippen molar-refractivity contribution >= 4 is 22.2 Å². The van der Waals surface area contributed by atoms with Gasteiger partial charge in [0.1, 0.15) is 29.4 Å². The van der Waals surface area contributed by atoms with E-state index in [2.05, 4.69) is 25.0 Å². The normalized spacial score (nSPS) is 16.9. The molecule has 1 aliphatic rings. The average molecular weight is 550 g/mol. The summed E-state index contributed by atoms with van der Waals surface area (Å²) in [4.78, 5) is 29.9. The molecule has 0 bridgehead atoms. The summed E-state index contributed by atoms with van der Waals surface area (Å²) >= 11 is 0.312. The number of alkyl halides is 6. The number of amides is 1. The maximum absolute atomic E-state index is 13.5. The van der Waals surface area contributed by atoms with Gasteiger partial charge in [-0.05, 0) is 0 Å². The number of piperazine rings is 1. The molecule has 4 rings (SSSR count). The maximum Gasteiger partial charge on any atom is 0.451 e. The molecule has 3 aromatic rings. The summed E-state index contributed by atoms with van der Waals surface area (Å²) in [7, 11) is 0. The summed E-state index contributed by atoms with van der Waals surface area (Å²) in [5, 5.41) is 12.9. The molecule has 1 saturated heterocycles. The highest BCUT2D eigenvalue weighted by Gasteiger charge is 2.39. The molecule has 0 unspecified atom stereocenters. The lowest BCUT2D eigenvalue weighted by atomic mass is 10.1. The molecule has 17 heteroatoms. The zero-order valence-electron chi connectivity index (χ0n) is 19.2. The highest BCUT2D eigenvalue weighted by molar-refractivity contribution is 7.16. The Morgan fingerprint density at radius 1 is 1.11 bits per heavy atom. The number of aliphatic hydroxyl groups is 1. The molecule has 10 nitrogen and oxygen atoms in total. The summed E-state index contributed by atoms with van der Waals surface area (Å²) in [6, 6.07) is -0.761. The molecule has 1 fully saturated rings. The minimum atomic E-state index is -4.82. The molecule has 4 heterocycles. The Labute approximate surface area is 209 Å². The van der Waals surface area contributed by atoms with E-state index in [1.54, 1.807) is 0 Å². The highest BCUT2D eigenvalue weighted by atomic mass is 32.1. The third-order valence-corrected chi connectivity index (χ3v) is 6.69. The van der Waals surface area contributed by atoms with Crippen molar-refractivity contribution < 1.29 is 36.2 Å². The van der Waals surface area contributed by atoms with Crippen molar-refractivity contribution in [3.8, 4) is 11.3 Å². The molecular formula is C20H20F6N8O2S. The topological polar surface area (TPSA) is 113 Å². The van der Waals surface area contributed by atoms with Crippen molar-refractivity contribution in [2.24, 2.45) is 0 Å². The first-order valence-electron chi connectivity index (χ1n) is 10.9. The summed E-state index contributed by atoms with van der Waals surface area (Å²) in [5.74, 6) is -1.24. The number of hydrogen-bond acceptors (Lipinski definition) is 9. The lowest BCUT2D eigenvalue weighted by molar-refractivity contribution is -0.145. The Morgan fingerprint density at radius 2 is 1.81 bits per heavy atom. The van der Waals surface area contributed by atoms with E-state index in [0.717, 1.165) is 12.4 Å². The van der Waals surface area contributed by atoms with Gasteiger partial charge in [-0.25, -0.2) is 24.6 Å². The van der Waals surface area contributed by atoms with E-state index in [-0.39, 0.29) is 48.3 Å². The van der Waals surface area contributed by atoms with Crippen LogP contribution in [0.1, 0.15) is 23.6 Å². The Bertz CT molecular complexity index is 1240. The number of carbonyl (C=O) groups is 1. The van der Waals surface area contributed by atoms with Gasteiger partial charge in [0, 0.05) is 44.0 Å². The SMILES string of the molecule is CCc1ncn(CC(=O)N2CCN(c3sc(C(F)(F)F)nc3-c3cnc(C(F)(F)F)nc3)C[C@H]2CO)n1. The van der Waals surface area contributed by atoms with Gasteiger partial charge < -0.3 is 14.9 Å². The predicted molar refractivity (Wildman–Crippen MR) is 117 cm³/mol. The third-order valence-electron chi connectivity index (χ3n) is 5.53. The number of carbonyl (C=O) groups excluding carboxylic acids is 1. The standard InChI is InChI=1S/C20H20F6N8O2S/c1-2-13-29-10-33(31-13)8-14(36)34-4-3-32(7-12(34)9-35)16-15(30-18(37-16)20(24,25)26)11-5-27-17(28-6-11)19(21,22)23/h5-6,10,12,35H,2-4,7-9H2,1H3/t12-/m0/s1. The average Bonchev–Trinajstić information content (AvgIpc) is 3.50. The van der Waals surface area contributed by atoms with Crippen molar-refractivity contribution in [1.82, 2.24) is 34.6 Å². The minimum absolute atomic E-state index is 0.0186. The number of thiazole rings is 1. The van der Waals surface area contributed by atoms with Crippen LogP contribution in [0.3, 0.4) is 0 Å². The predicted octanol–water partition coefficient (Wildman–Crippen LogP) is 2.50. The van der Waals surface area contributed by atoms with Crippen LogP contribution in [0.4, 0.5) is 31.3 Å². The van der Waals surface area contributed by atoms with Crippen LogP contribution < -0.4 is 4.90 Å². The van der Waals surface area contributed by atoms with Gasteiger partial charge in [-0.15, -0.1) is 0 Å². The van der Waals surface area contributed by atoms with Gasteiger partial charge in [-0.2, -0.15) is 31.4 Å². The van der Waals surface area contributed by atoms with Gasteiger partial charge in [-0.3, -0.25) is 4.79 Å². The van der Waals surface area contributed by atoms with Crippen LogP contribution in [-0.2, 0) is 30.1 Å². The molecule has 37 heavy (non-hydrogen) atoms. The summed E-state index contributed by atoms with van der Waals surface area (Å²) < 4.78 is 80.3. The van der Waals surface area contributed by atoms with Gasteiger partial charge in [0.25, 0.3) is 0 Å². The molecule has 0 radical (unpaired) electrons.